The highest BCUT2D eigenvalue weighted by Gasteiger charge is 2.05. The number of aromatic nitrogens is 1. The van der Waals surface area contributed by atoms with Crippen molar-refractivity contribution >= 4 is 0 Å². The van der Waals surface area contributed by atoms with Crippen molar-refractivity contribution in [3.8, 4) is 11.4 Å². The maximum absolute atomic E-state index is 5.88. The van der Waals surface area contributed by atoms with Crippen LogP contribution in [0.1, 0.15) is 16.7 Å². The smallest absolute Gasteiger partial charge is 0.119 e. The molecule has 0 unspecified atom stereocenters. The van der Waals surface area contributed by atoms with E-state index in [4.69, 9.17) is 4.74 Å². The van der Waals surface area contributed by atoms with Gasteiger partial charge in [-0.15, -0.1) is 0 Å². The number of rotatable bonds is 6. The fourth-order valence-corrected chi connectivity index (χ4v) is 3.07. The summed E-state index contributed by atoms with van der Waals surface area (Å²) in [5.41, 5.74) is 4.98. The van der Waals surface area contributed by atoms with Gasteiger partial charge in [0, 0.05) is 18.1 Å². The topological polar surface area (TPSA) is 14.2 Å². The molecule has 0 radical (unpaired) electrons. The third-order valence-electron chi connectivity index (χ3n) is 4.44. The molecule has 0 saturated carbocycles. The monoisotopic (exact) mass is 339 g/mol. The van der Waals surface area contributed by atoms with Gasteiger partial charge in [0.1, 0.15) is 12.4 Å². The lowest BCUT2D eigenvalue weighted by molar-refractivity contribution is 0.306. The number of hydrogen-bond acceptors (Lipinski definition) is 1. The quantitative estimate of drug-likeness (QED) is 0.443. The summed E-state index contributed by atoms with van der Waals surface area (Å²) in [6.07, 6.45) is 5.06. The van der Waals surface area contributed by atoms with Crippen LogP contribution in [0, 0.1) is 0 Å². The summed E-state index contributed by atoms with van der Waals surface area (Å²) in [6.45, 7) is 0.594. The molecule has 0 N–H and O–H groups in total. The highest BCUT2D eigenvalue weighted by atomic mass is 16.5. The molecule has 3 aromatic carbocycles. The summed E-state index contributed by atoms with van der Waals surface area (Å²) in [6, 6.07) is 31.3. The van der Waals surface area contributed by atoms with E-state index in [1.165, 1.54) is 22.4 Å². The van der Waals surface area contributed by atoms with Crippen molar-refractivity contribution in [1.82, 2.24) is 4.57 Å². The van der Waals surface area contributed by atoms with Gasteiger partial charge in [-0.3, -0.25) is 0 Å². The van der Waals surface area contributed by atoms with Crippen molar-refractivity contribution < 1.29 is 4.74 Å². The van der Waals surface area contributed by atoms with Crippen molar-refractivity contribution in [2.75, 3.05) is 0 Å². The minimum absolute atomic E-state index is 0.594. The van der Waals surface area contributed by atoms with Gasteiger partial charge in [0.25, 0.3) is 0 Å². The van der Waals surface area contributed by atoms with Gasteiger partial charge in [0.2, 0.25) is 0 Å². The number of nitrogens with zero attached hydrogens (tertiary/aromatic N) is 1. The fourth-order valence-electron chi connectivity index (χ4n) is 3.07. The van der Waals surface area contributed by atoms with Crippen LogP contribution in [0.4, 0.5) is 0 Å². The van der Waals surface area contributed by atoms with E-state index in [-0.39, 0.29) is 0 Å². The lowest BCUT2D eigenvalue weighted by atomic mass is 10.0. The summed E-state index contributed by atoms with van der Waals surface area (Å²) < 4.78 is 8.04. The Morgan fingerprint density at radius 1 is 0.615 bits per heavy atom. The second kappa shape index (κ2) is 7.75. The SMILES string of the molecule is c1ccc(COc2ccc(Cc3ccccc3-n3cccc3)cc2)cc1. The van der Waals surface area contributed by atoms with Gasteiger partial charge in [-0.25, -0.2) is 0 Å². The number of benzene rings is 3. The average molecular weight is 339 g/mol. The van der Waals surface area contributed by atoms with Crippen molar-refractivity contribution in [2.45, 2.75) is 13.0 Å². The molecule has 0 saturated heterocycles. The van der Waals surface area contributed by atoms with Crippen LogP contribution in [0.5, 0.6) is 5.75 Å². The van der Waals surface area contributed by atoms with E-state index in [0.29, 0.717) is 6.61 Å². The minimum atomic E-state index is 0.594. The van der Waals surface area contributed by atoms with E-state index in [1.807, 2.05) is 18.2 Å². The van der Waals surface area contributed by atoms with Crippen molar-refractivity contribution in [3.05, 3.63) is 120 Å². The summed E-state index contributed by atoms with van der Waals surface area (Å²) in [5, 5.41) is 0. The zero-order valence-corrected chi connectivity index (χ0v) is 14.6. The third kappa shape index (κ3) is 3.86. The van der Waals surface area contributed by atoms with Crippen molar-refractivity contribution in [1.29, 1.82) is 0 Å². The predicted molar refractivity (Wildman–Crippen MR) is 106 cm³/mol. The van der Waals surface area contributed by atoms with Gasteiger partial charge < -0.3 is 9.30 Å². The molecule has 1 aromatic heterocycles. The van der Waals surface area contributed by atoms with Crippen molar-refractivity contribution in [3.63, 3.8) is 0 Å². The first-order valence-corrected chi connectivity index (χ1v) is 8.85. The van der Waals surface area contributed by atoms with Crippen LogP contribution in [-0.4, -0.2) is 4.57 Å². The molecule has 0 aliphatic rings. The van der Waals surface area contributed by atoms with Gasteiger partial charge >= 0.3 is 0 Å². The molecular weight excluding hydrogens is 318 g/mol. The molecule has 2 heteroatoms. The second-order valence-electron chi connectivity index (χ2n) is 6.31. The molecule has 4 aromatic rings. The van der Waals surface area contributed by atoms with Gasteiger partial charge in [0.05, 0.1) is 0 Å². The van der Waals surface area contributed by atoms with E-state index in [9.17, 15) is 0 Å². The van der Waals surface area contributed by atoms with Crippen LogP contribution in [0.25, 0.3) is 5.69 Å². The highest BCUT2D eigenvalue weighted by Crippen LogP contribution is 2.21. The van der Waals surface area contributed by atoms with Gasteiger partial charge in [-0.1, -0.05) is 60.7 Å². The van der Waals surface area contributed by atoms with Gasteiger partial charge in [-0.05, 0) is 53.4 Å². The molecule has 128 valence electrons. The highest BCUT2D eigenvalue weighted by molar-refractivity contribution is 5.44. The summed E-state index contributed by atoms with van der Waals surface area (Å²) in [5.74, 6) is 0.899. The Bertz CT molecular complexity index is 941. The van der Waals surface area contributed by atoms with Crippen LogP contribution in [0.15, 0.2) is 103 Å². The zero-order valence-electron chi connectivity index (χ0n) is 14.6. The molecule has 0 aliphatic carbocycles. The number of ether oxygens (including phenoxy) is 1. The molecule has 4 rings (SSSR count). The third-order valence-corrected chi connectivity index (χ3v) is 4.44. The first-order valence-electron chi connectivity index (χ1n) is 8.85. The summed E-state index contributed by atoms with van der Waals surface area (Å²) >= 11 is 0. The maximum atomic E-state index is 5.88. The van der Waals surface area contributed by atoms with Gasteiger partial charge in [0.15, 0.2) is 0 Å². The Balaban J connectivity index is 1.45. The summed E-state index contributed by atoms with van der Waals surface area (Å²) in [7, 11) is 0. The largest absolute Gasteiger partial charge is 0.489 e. The van der Waals surface area contributed by atoms with E-state index in [2.05, 4.69) is 89.8 Å². The lowest BCUT2D eigenvalue weighted by Gasteiger charge is -2.11. The van der Waals surface area contributed by atoms with E-state index >= 15 is 0 Å². The first-order chi connectivity index (χ1) is 12.9. The normalized spacial score (nSPS) is 10.6. The van der Waals surface area contributed by atoms with Crippen molar-refractivity contribution in [2.24, 2.45) is 0 Å². The number of hydrogen-bond donors (Lipinski definition) is 0. The van der Waals surface area contributed by atoms with Crippen LogP contribution in [0.3, 0.4) is 0 Å². The first kappa shape index (κ1) is 16.2. The molecule has 0 aliphatic heterocycles. The molecule has 26 heavy (non-hydrogen) atoms. The Hall–Kier alpha value is -3.26. The zero-order chi connectivity index (χ0) is 17.6. The molecule has 0 bridgehead atoms. The number of para-hydroxylation sites is 1. The summed E-state index contributed by atoms with van der Waals surface area (Å²) in [4.78, 5) is 0. The molecular formula is C24H21NO. The van der Waals surface area contributed by atoms with Crippen LogP contribution < -0.4 is 4.74 Å². The van der Waals surface area contributed by atoms with Crippen LogP contribution in [-0.2, 0) is 13.0 Å². The Labute approximate surface area is 154 Å². The predicted octanol–water partition coefficient (Wildman–Crippen LogP) is 5.65. The molecule has 0 amide bonds. The molecule has 2 nitrogen and oxygen atoms in total. The lowest BCUT2D eigenvalue weighted by Crippen LogP contribution is -1.98. The molecule has 0 fully saturated rings. The van der Waals surface area contributed by atoms with E-state index in [0.717, 1.165) is 12.2 Å². The molecule has 1 heterocycles. The van der Waals surface area contributed by atoms with E-state index < -0.39 is 0 Å². The standard InChI is InChI=1S/C24H21NO/c1-2-8-21(9-3-1)19-26-23-14-12-20(13-15-23)18-22-10-4-5-11-24(22)25-16-6-7-17-25/h1-17H,18-19H2. The molecule has 0 atom stereocenters. The van der Waals surface area contributed by atoms with E-state index in [1.54, 1.807) is 0 Å². The molecule has 0 spiro atoms. The van der Waals surface area contributed by atoms with Gasteiger partial charge in [-0.2, -0.15) is 0 Å². The maximum Gasteiger partial charge on any atom is 0.119 e. The minimum Gasteiger partial charge on any atom is -0.489 e. The van der Waals surface area contributed by atoms with Crippen LogP contribution in [0.2, 0.25) is 0 Å². The Kier molecular flexibility index (Phi) is 4.83. The second-order valence-corrected chi connectivity index (χ2v) is 6.31. The Morgan fingerprint density at radius 3 is 2.08 bits per heavy atom. The fraction of sp³-hybridized carbons (Fsp3) is 0.0833. The Morgan fingerprint density at radius 2 is 1.31 bits per heavy atom. The van der Waals surface area contributed by atoms with Crippen LogP contribution >= 0.6 is 0 Å². The average Bonchev–Trinajstić information content (AvgIpc) is 3.23.